The van der Waals surface area contributed by atoms with Gasteiger partial charge in [-0.15, -0.1) is 11.6 Å². The predicted octanol–water partition coefficient (Wildman–Crippen LogP) is 4.66. The predicted molar refractivity (Wildman–Crippen MR) is 80.6 cm³/mol. The van der Waals surface area contributed by atoms with E-state index in [0.717, 1.165) is 23.8 Å². The first-order valence-electron chi connectivity index (χ1n) is 7.29. The number of benzene rings is 1. The molecule has 2 nitrogen and oxygen atoms in total. The van der Waals surface area contributed by atoms with Crippen LogP contribution in [0.3, 0.4) is 0 Å². The molecular weight excluding hydrogens is 256 g/mol. The van der Waals surface area contributed by atoms with E-state index in [9.17, 15) is 0 Å². The Bertz CT molecular complexity index is 567. The van der Waals surface area contributed by atoms with Crippen molar-refractivity contribution in [3.8, 4) is 0 Å². The molecule has 3 rings (SSSR count). The fourth-order valence-corrected chi connectivity index (χ4v) is 3.46. The number of nitrogens with zero attached hydrogens (tertiary/aromatic N) is 2. The number of halogens is 1. The van der Waals surface area contributed by atoms with E-state index in [4.69, 9.17) is 11.6 Å². The van der Waals surface area contributed by atoms with Crippen molar-refractivity contribution in [1.29, 1.82) is 0 Å². The molecule has 1 heterocycles. The average molecular weight is 277 g/mol. The fourth-order valence-electron chi connectivity index (χ4n) is 3.25. The molecule has 1 fully saturated rings. The first-order chi connectivity index (χ1) is 9.28. The molecule has 2 aromatic rings. The molecule has 3 heteroatoms. The highest BCUT2D eigenvalue weighted by molar-refractivity contribution is 6.16. The van der Waals surface area contributed by atoms with Crippen LogP contribution in [0.25, 0.3) is 11.0 Å². The van der Waals surface area contributed by atoms with E-state index < -0.39 is 0 Å². The van der Waals surface area contributed by atoms with E-state index in [1.165, 1.54) is 43.2 Å². The van der Waals surface area contributed by atoms with Gasteiger partial charge in [0.1, 0.15) is 5.82 Å². The third-order valence-corrected chi connectivity index (χ3v) is 4.58. The number of hydrogen-bond donors (Lipinski definition) is 0. The molecule has 1 aliphatic rings. The normalized spacial score (nSPS) is 16.5. The molecule has 1 aliphatic carbocycles. The maximum absolute atomic E-state index is 6.06. The molecule has 0 aliphatic heterocycles. The monoisotopic (exact) mass is 276 g/mol. The van der Waals surface area contributed by atoms with E-state index in [1.807, 2.05) is 0 Å². The van der Waals surface area contributed by atoms with E-state index in [1.54, 1.807) is 0 Å². The second-order valence-corrected chi connectivity index (χ2v) is 6.01. The number of aryl methyl sites for hydroxylation is 2. The minimum absolute atomic E-state index is 0.498. The highest BCUT2D eigenvalue weighted by Gasteiger charge is 2.16. The Morgan fingerprint density at radius 3 is 2.84 bits per heavy atom. The molecule has 1 aromatic carbocycles. The molecule has 0 N–H and O–H groups in total. The molecule has 0 atom stereocenters. The molecule has 102 valence electrons. The van der Waals surface area contributed by atoms with Crippen LogP contribution < -0.4 is 0 Å². The molecule has 0 bridgehead atoms. The zero-order valence-corrected chi connectivity index (χ0v) is 12.3. The zero-order chi connectivity index (χ0) is 13.2. The number of alkyl halides is 1. The topological polar surface area (TPSA) is 17.8 Å². The summed E-state index contributed by atoms with van der Waals surface area (Å²) in [7, 11) is 0. The number of imidazole rings is 1. The number of aromatic nitrogens is 2. The smallest absolute Gasteiger partial charge is 0.124 e. The molecule has 0 saturated heterocycles. The van der Waals surface area contributed by atoms with Crippen molar-refractivity contribution in [3.63, 3.8) is 0 Å². The summed E-state index contributed by atoms with van der Waals surface area (Å²) in [5.74, 6) is 2.42. The highest BCUT2D eigenvalue weighted by Crippen LogP contribution is 2.29. The summed E-state index contributed by atoms with van der Waals surface area (Å²) in [5, 5.41) is 0. The molecule has 0 amide bonds. The summed E-state index contributed by atoms with van der Waals surface area (Å²) in [4.78, 5) is 4.67. The molecule has 1 aromatic heterocycles. The van der Waals surface area contributed by atoms with E-state index in [0.29, 0.717) is 5.88 Å². The Morgan fingerprint density at radius 1 is 1.32 bits per heavy atom. The van der Waals surface area contributed by atoms with Crippen molar-refractivity contribution in [1.82, 2.24) is 9.55 Å². The second kappa shape index (κ2) is 5.54. The van der Waals surface area contributed by atoms with Gasteiger partial charge in [-0.2, -0.15) is 0 Å². The van der Waals surface area contributed by atoms with Gasteiger partial charge in [0.2, 0.25) is 0 Å². The van der Waals surface area contributed by atoms with Crippen molar-refractivity contribution in [2.45, 2.75) is 51.5 Å². The molecule has 1 saturated carbocycles. The van der Waals surface area contributed by atoms with Gasteiger partial charge in [-0.25, -0.2) is 4.98 Å². The van der Waals surface area contributed by atoms with E-state index in [-0.39, 0.29) is 0 Å². The van der Waals surface area contributed by atoms with E-state index >= 15 is 0 Å². The number of fused-ring (bicyclic) bond motifs is 1. The SMILES string of the molecule is Cc1ccc2c(c1)nc(CCl)n2CCC1CCCC1. The largest absolute Gasteiger partial charge is 0.327 e. The first kappa shape index (κ1) is 13.0. The molecule has 19 heavy (non-hydrogen) atoms. The lowest BCUT2D eigenvalue weighted by atomic mass is 10.0. The summed E-state index contributed by atoms with van der Waals surface area (Å²) >= 11 is 6.06. The van der Waals surface area contributed by atoms with Crippen LogP contribution in [0.2, 0.25) is 0 Å². The zero-order valence-electron chi connectivity index (χ0n) is 11.5. The Labute approximate surface area is 119 Å². The molecule has 0 spiro atoms. The van der Waals surface area contributed by atoms with Gasteiger partial charge >= 0.3 is 0 Å². The van der Waals surface area contributed by atoms with Gasteiger partial charge in [0.05, 0.1) is 16.9 Å². The molecule has 0 unspecified atom stereocenters. The second-order valence-electron chi connectivity index (χ2n) is 5.74. The van der Waals surface area contributed by atoms with E-state index in [2.05, 4.69) is 34.7 Å². The van der Waals surface area contributed by atoms with Crippen LogP contribution in [0.5, 0.6) is 0 Å². The average Bonchev–Trinajstić information content (AvgIpc) is 3.02. The minimum Gasteiger partial charge on any atom is -0.327 e. The minimum atomic E-state index is 0.498. The highest BCUT2D eigenvalue weighted by atomic mass is 35.5. The third kappa shape index (κ3) is 2.64. The van der Waals surface area contributed by atoms with Crippen LogP contribution in [0.1, 0.15) is 43.5 Å². The lowest BCUT2D eigenvalue weighted by molar-refractivity contribution is 0.458. The Balaban J connectivity index is 1.87. The summed E-state index contributed by atoms with van der Waals surface area (Å²) in [6.07, 6.45) is 6.90. The van der Waals surface area contributed by atoms with Crippen LogP contribution >= 0.6 is 11.6 Å². The molecule has 0 radical (unpaired) electrons. The lowest BCUT2D eigenvalue weighted by Crippen LogP contribution is -2.06. The summed E-state index contributed by atoms with van der Waals surface area (Å²) in [6.45, 7) is 3.17. The van der Waals surface area contributed by atoms with Crippen molar-refractivity contribution in [3.05, 3.63) is 29.6 Å². The molecular formula is C16H21ClN2. The Kier molecular flexibility index (Phi) is 3.79. The van der Waals surface area contributed by atoms with Gasteiger partial charge < -0.3 is 4.57 Å². The maximum atomic E-state index is 6.06. The van der Waals surface area contributed by atoms with Crippen molar-refractivity contribution < 1.29 is 0 Å². The quantitative estimate of drug-likeness (QED) is 0.743. The van der Waals surface area contributed by atoms with Gasteiger partial charge in [0, 0.05) is 6.54 Å². The number of hydrogen-bond acceptors (Lipinski definition) is 1. The summed E-state index contributed by atoms with van der Waals surface area (Å²) in [6, 6.07) is 6.49. The summed E-state index contributed by atoms with van der Waals surface area (Å²) in [5.41, 5.74) is 3.58. The van der Waals surface area contributed by atoms with Crippen LogP contribution in [-0.2, 0) is 12.4 Å². The van der Waals surface area contributed by atoms with Crippen molar-refractivity contribution in [2.75, 3.05) is 0 Å². The first-order valence-corrected chi connectivity index (χ1v) is 7.83. The van der Waals surface area contributed by atoms with Crippen LogP contribution in [0.15, 0.2) is 18.2 Å². The standard InChI is InChI=1S/C16H21ClN2/c1-12-6-7-15-14(10-12)18-16(11-17)19(15)9-8-13-4-2-3-5-13/h6-7,10,13H,2-5,8-9,11H2,1H3. The van der Waals surface area contributed by atoms with Crippen molar-refractivity contribution >= 4 is 22.6 Å². The van der Waals surface area contributed by atoms with Crippen LogP contribution in [0, 0.1) is 12.8 Å². The van der Waals surface area contributed by atoms with Gasteiger partial charge in [0.25, 0.3) is 0 Å². The van der Waals surface area contributed by atoms with Crippen LogP contribution in [-0.4, -0.2) is 9.55 Å². The third-order valence-electron chi connectivity index (χ3n) is 4.34. The Hall–Kier alpha value is -1.02. The Morgan fingerprint density at radius 2 is 2.11 bits per heavy atom. The van der Waals surface area contributed by atoms with Gasteiger partial charge in [-0.05, 0) is 37.0 Å². The maximum Gasteiger partial charge on any atom is 0.124 e. The van der Waals surface area contributed by atoms with Gasteiger partial charge in [-0.3, -0.25) is 0 Å². The lowest BCUT2D eigenvalue weighted by Gasteiger charge is -2.12. The summed E-state index contributed by atoms with van der Waals surface area (Å²) < 4.78 is 2.32. The van der Waals surface area contributed by atoms with Crippen LogP contribution in [0.4, 0.5) is 0 Å². The van der Waals surface area contributed by atoms with Crippen molar-refractivity contribution in [2.24, 2.45) is 5.92 Å². The van der Waals surface area contributed by atoms with Gasteiger partial charge in [0.15, 0.2) is 0 Å². The number of rotatable bonds is 4. The fraction of sp³-hybridized carbons (Fsp3) is 0.562. The van der Waals surface area contributed by atoms with Gasteiger partial charge in [-0.1, -0.05) is 31.7 Å².